The van der Waals surface area contributed by atoms with Crippen LogP contribution in [0.3, 0.4) is 0 Å². The monoisotopic (exact) mass is 290 g/mol. The molecule has 0 fully saturated rings. The summed E-state index contributed by atoms with van der Waals surface area (Å²) >= 11 is 0. The van der Waals surface area contributed by atoms with Crippen LogP contribution in [0.2, 0.25) is 0 Å². The molecule has 0 aliphatic rings. The first kappa shape index (κ1) is 14.2. The summed E-state index contributed by atoms with van der Waals surface area (Å²) in [5.74, 6) is -0.144. The molecule has 0 bridgehead atoms. The van der Waals surface area contributed by atoms with Crippen LogP contribution in [0.4, 0.5) is 17.3 Å². The summed E-state index contributed by atoms with van der Waals surface area (Å²) in [6.45, 7) is 1.59. The zero-order valence-corrected chi connectivity index (χ0v) is 10.8. The molecule has 0 unspecified atom stereocenters. The molecule has 108 valence electrons. The van der Waals surface area contributed by atoms with Crippen molar-refractivity contribution < 1.29 is 14.3 Å². The average molecular weight is 290 g/mol. The van der Waals surface area contributed by atoms with E-state index < -0.39 is 9.85 Å². The molecule has 0 aliphatic heterocycles. The van der Waals surface area contributed by atoms with E-state index in [2.05, 4.69) is 10.5 Å². The lowest BCUT2D eigenvalue weighted by molar-refractivity contribution is -0.402. The number of non-ortho nitro benzene ring substituents is 1. The maximum atomic E-state index is 10.6. The number of nitrogens with one attached hydrogen (secondary N) is 1. The molecule has 1 N–H and O–H groups in total. The van der Waals surface area contributed by atoms with E-state index >= 15 is 0 Å². The first-order valence-corrected chi connectivity index (χ1v) is 5.77. The molecule has 0 spiro atoms. The smallest absolute Gasteiger partial charge is 0.399 e. The summed E-state index contributed by atoms with van der Waals surface area (Å²) in [6, 6.07) is 8.45. The third-order valence-electron chi connectivity index (χ3n) is 2.54. The van der Waals surface area contributed by atoms with Gasteiger partial charge in [0.2, 0.25) is 0 Å². The fraction of sp³-hybridized carbons (Fsp3) is 0.0833. The number of nitro benzene ring substituents is 1. The number of benzene rings is 1. The van der Waals surface area contributed by atoms with E-state index in [0.29, 0.717) is 11.4 Å². The first-order chi connectivity index (χ1) is 9.97. The van der Waals surface area contributed by atoms with Gasteiger partial charge in [-0.2, -0.15) is 5.10 Å². The topological polar surface area (TPSA) is 124 Å². The number of nitrogens with zero attached hydrogens (tertiary/aromatic N) is 3. The van der Waals surface area contributed by atoms with Crippen LogP contribution in [0.15, 0.2) is 45.9 Å². The fourth-order valence-electron chi connectivity index (χ4n) is 1.51. The molecule has 9 heteroatoms. The van der Waals surface area contributed by atoms with E-state index in [1.54, 1.807) is 13.0 Å². The Hall–Kier alpha value is -3.23. The maximum Gasteiger partial charge on any atom is 0.433 e. The van der Waals surface area contributed by atoms with Gasteiger partial charge in [-0.05, 0) is 19.1 Å². The summed E-state index contributed by atoms with van der Waals surface area (Å²) < 4.78 is 4.98. The van der Waals surface area contributed by atoms with E-state index in [9.17, 15) is 20.2 Å². The van der Waals surface area contributed by atoms with Crippen LogP contribution in [0, 0.1) is 20.2 Å². The van der Waals surface area contributed by atoms with Crippen molar-refractivity contribution in [3.05, 3.63) is 62.4 Å². The number of furan rings is 1. The fourth-order valence-corrected chi connectivity index (χ4v) is 1.51. The van der Waals surface area contributed by atoms with Crippen LogP contribution in [0.5, 0.6) is 0 Å². The molecule has 9 nitrogen and oxygen atoms in total. The van der Waals surface area contributed by atoms with E-state index in [-0.39, 0.29) is 17.3 Å². The highest BCUT2D eigenvalue weighted by Crippen LogP contribution is 2.18. The van der Waals surface area contributed by atoms with Gasteiger partial charge in [-0.1, -0.05) is 6.07 Å². The van der Waals surface area contributed by atoms with Crippen molar-refractivity contribution in [2.45, 2.75) is 6.92 Å². The van der Waals surface area contributed by atoms with E-state index in [1.165, 1.54) is 30.3 Å². The molecular formula is C12H10N4O5. The Bertz CT molecular complexity index is 722. The Morgan fingerprint density at radius 1 is 1.19 bits per heavy atom. The van der Waals surface area contributed by atoms with Crippen LogP contribution < -0.4 is 5.43 Å². The highest BCUT2D eigenvalue weighted by atomic mass is 16.6. The van der Waals surface area contributed by atoms with Gasteiger partial charge in [-0.3, -0.25) is 25.7 Å². The number of hydrazone groups is 1. The van der Waals surface area contributed by atoms with Crippen molar-refractivity contribution >= 4 is 23.0 Å². The summed E-state index contributed by atoms with van der Waals surface area (Å²) in [6.07, 6.45) is 0. The van der Waals surface area contributed by atoms with E-state index in [0.717, 1.165) is 0 Å². The molecule has 1 heterocycles. The highest BCUT2D eigenvalue weighted by Gasteiger charge is 2.13. The Morgan fingerprint density at radius 3 is 2.57 bits per heavy atom. The van der Waals surface area contributed by atoms with Gasteiger partial charge in [0.15, 0.2) is 5.76 Å². The average Bonchev–Trinajstić information content (AvgIpc) is 2.95. The molecule has 0 saturated carbocycles. The van der Waals surface area contributed by atoms with E-state index in [4.69, 9.17) is 4.42 Å². The molecule has 0 aliphatic carbocycles. The molecule has 1 aromatic heterocycles. The Kier molecular flexibility index (Phi) is 3.93. The van der Waals surface area contributed by atoms with Gasteiger partial charge in [0.1, 0.15) is 10.6 Å². The van der Waals surface area contributed by atoms with Crippen molar-refractivity contribution in [3.63, 3.8) is 0 Å². The van der Waals surface area contributed by atoms with Gasteiger partial charge in [-0.15, -0.1) is 0 Å². The third-order valence-corrected chi connectivity index (χ3v) is 2.54. The number of hydrogen-bond donors (Lipinski definition) is 1. The zero-order chi connectivity index (χ0) is 15.4. The zero-order valence-electron chi connectivity index (χ0n) is 10.8. The molecule has 0 amide bonds. The lowest BCUT2D eigenvalue weighted by Crippen LogP contribution is -1.98. The van der Waals surface area contributed by atoms with Crippen LogP contribution >= 0.6 is 0 Å². The van der Waals surface area contributed by atoms with E-state index in [1.807, 2.05) is 0 Å². The van der Waals surface area contributed by atoms with Crippen molar-refractivity contribution in [2.75, 3.05) is 5.43 Å². The quantitative estimate of drug-likeness (QED) is 0.512. The SMILES string of the molecule is C/C(=N\Nc1cccc([N+](=O)[O-])c1)c1ccc([N+](=O)[O-])o1. The summed E-state index contributed by atoms with van der Waals surface area (Å²) in [4.78, 5) is 20.0. The molecule has 21 heavy (non-hydrogen) atoms. The Morgan fingerprint density at radius 2 is 1.95 bits per heavy atom. The molecule has 2 aromatic rings. The van der Waals surface area contributed by atoms with Crippen molar-refractivity contribution in [3.8, 4) is 0 Å². The second-order valence-corrected chi connectivity index (χ2v) is 4.01. The Labute approximate surface area is 118 Å². The number of nitro groups is 2. The molecular weight excluding hydrogens is 280 g/mol. The van der Waals surface area contributed by atoms with Crippen molar-refractivity contribution in [1.82, 2.24) is 0 Å². The minimum Gasteiger partial charge on any atom is -0.399 e. The number of anilines is 1. The standard InChI is InChI=1S/C12H10N4O5/c1-8(11-5-6-12(21-11)16(19)20)13-14-9-3-2-4-10(7-9)15(17)18/h2-7,14H,1H3/b13-8+. The third kappa shape index (κ3) is 3.41. The van der Waals surface area contributed by atoms with Gasteiger partial charge in [0.05, 0.1) is 16.7 Å². The molecule has 0 saturated heterocycles. The Balaban J connectivity index is 2.14. The minimum atomic E-state index is -0.648. The minimum absolute atomic E-state index is 0.0681. The van der Waals surface area contributed by atoms with Gasteiger partial charge >= 0.3 is 5.88 Å². The predicted octanol–water partition coefficient (Wildman–Crippen LogP) is 2.93. The van der Waals surface area contributed by atoms with Gasteiger partial charge in [-0.25, -0.2) is 0 Å². The molecule has 0 radical (unpaired) electrons. The molecule has 2 rings (SSSR count). The molecule has 0 atom stereocenters. The number of rotatable bonds is 5. The molecule has 1 aromatic carbocycles. The van der Waals surface area contributed by atoms with Crippen molar-refractivity contribution in [2.24, 2.45) is 5.10 Å². The first-order valence-electron chi connectivity index (χ1n) is 5.77. The normalized spacial score (nSPS) is 11.2. The highest BCUT2D eigenvalue weighted by molar-refractivity contribution is 5.96. The van der Waals surface area contributed by atoms with Crippen LogP contribution in [0.25, 0.3) is 0 Å². The van der Waals surface area contributed by atoms with Crippen LogP contribution in [-0.2, 0) is 0 Å². The maximum absolute atomic E-state index is 10.6. The number of hydrogen-bond acceptors (Lipinski definition) is 7. The summed E-state index contributed by atoms with van der Waals surface area (Å²) in [5.41, 5.74) is 3.35. The summed E-state index contributed by atoms with van der Waals surface area (Å²) in [5, 5.41) is 25.1. The second kappa shape index (κ2) is 5.82. The van der Waals surface area contributed by atoms with Gasteiger partial charge < -0.3 is 4.42 Å². The van der Waals surface area contributed by atoms with Gasteiger partial charge in [0.25, 0.3) is 5.69 Å². The lowest BCUT2D eigenvalue weighted by Gasteiger charge is -2.01. The second-order valence-electron chi connectivity index (χ2n) is 4.01. The summed E-state index contributed by atoms with van der Waals surface area (Å²) in [7, 11) is 0. The van der Waals surface area contributed by atoms with Crippen LogP contribution in [-0.4, -0.2) is 15.6 Å². The largest absolute Gasteiger partial charge is 0.433 e. The van der Waals surface area contributed by atoms with Gasteiger partial charge in [0, 0.05) is 12.1 Å². The van der Waals surface area contributed by atoms with Crippen LogP contribution in [0.1, 0.15) is 12.7 Å². The predicted molar refractivity (Wildman–Crippen MR) is 74.3 cm³/mol. The van der Waals surface area contributed by atoms with Crippen molar-refractivity contribution in [1.29, 1.82) is 0 Å². The lowest BCUT2D eigenvalue weighted by atomic mass is 10.3.